The SMILES string of the molecule is COc1ccccc1Nc1nnc(SCC(=O)N2CCC[C@@H]3CCCC[C@H]32)s1. The molecule has 2 atom stereocenters. The summed E-state index contributed by atoms with van der Waals surface area (Å²) in [5.74, 6) is 2.16. The van der Waals surface area contributed by atoms with Gasteiger partial charge in [-0.25, -0.2) is 0 Å². The molecule has 0 radical (unpaired) electrons. The van der Waals surface area contributed by atoms with Crippen molar-refractivity contribution in [1.29, 1.82) is 0 Å². The molecule has 8 heteroatoms. The fourth-order valence-electron chi connectivity index (χ4n) is 4.32. The topological polar surface area (TPSA) is 67.3 Å². The molecule has 28 heavy (non-hydrogen) atoms. The Hall–Kier alpha value is -1.80. The number of piperidine rings is 1. The molecule has 2 heterocycles. The van der Waals surface area contributed by atoms with Crippen molar-refractivity contribution in [2.75, 3.05) is 24.7 Å². The molecule has 6 nitrogen and oxygen atoms in total. The smallest absolute Gasteiger partial charge is 0.233 e. The maximum absolute atomic E-state index is 12.8. The Bertz CT molecular complexity index is 811. The number of fused-ring (bicyclic) bond motifs is 1. The molecular formula is C20H26N4O2S2. The second-order valence-electron chi connectivity index (χ2n) is 7.33. The summed E-state index contributed by atoms with van der Waals surface area (Å²) in [5.41, 5.74) is 0.852. The first kappa shape index (κ1) is 19.5. The Morgan fingerprint density at radius 1 is 1.25 bits per heavy atom. The summed E-state index contributed by atoms with van der Waals surface area (Å²) < 4.78 is 6.16. The zero-order valence-corrected chi connectivity index (χ0v) is 17.7. The van der Waals surface area contributed by atoms with Gasteiger partial charge in [-0.2, -0.15) is 0 Å². The minimum Gasteiger partial charge on any atom is -0.495 e. The fraction of sp³-hybridized carbons (Fsp3) is 0.550. The molecule has 2 fully saturated rings. The Balaban J connectivity index is 1.33. The van der Waals surface area contributed by atoms with E-state index in [1.165, 1.54) is 55.2 Å². The summed E-state index contributed by atoms with van der Waals surface area (Å²) in [6.07, 6.45) is 7.47. The molecule has 1 aliphatic carbocycles. The maximum atomic E-state index is 12.8. The molecule has 1 N–H and O–H groups in total. The van der Waals surface area contributed by atoms with Crippen molar-refractivity contribution in [2.45, 2.75) is 48.9 Å². The number of anilines is 2. The summed E-state index contributed by atoms with van der Waals surface area (Å²) in [7, 11) is 1.64. The first-order valence-corrected chi connectivity index (χ1v) is 11.7. The van der Waals surface area contributed by atoms with E-state index in [0.29, 0.717) is 16.9 Å². The van der Waals surface area contributed by atoms with Crippen molar-refractivity contribution in [3.05, 3.63) is 24.3 Å². The number of hydrogen-bond acceptors (Lipinski definition) is 7. The van der Waals surface area contributed by atoms with Gasteiger partial charge in [0.15, 0.2) is 4.34 Å². The van der Waals surface area contributed by atoms with Crippen LogP contribution >= 0.6 is 23.1 Å². The summed E-state index contributed by atoms with van der Waals surface area (Å²) >= 11 is 2.95. The van der Waals surface area contributed by atoms with E-state index >= 15 is 0 Å². The van der Waals surface area contributed by atoms with E-state index in [1.54, 1.807) is 7.11 Å². The fourth-order valence-corrected chi connectivity index (χ4v) is 5.97. The van der Waals surface area contributed by atoms with Crippen molar-refractivity contribution in [3.8, 4) is 5.75 Å². The highest BCUT2D eigenvalue weighted by Gasteiger charge is 2.35. The van der Waals surface area contributed by atoms with E-state index in [1.807, 2.05) is 24.3 Å². The molecular weight excluding hydrogens is 392 g/mol. The second kappa shape index (κ2) is 9.13. The molecule has 1 aromatic heterocycles. The van der Waals surface area contributed by atoms with Crippen LogP contribution in [0.15, 0.2) is 28.6 Å². The number of amides is 1. The molecule has 1 amide bonds. The number of aromatic nitrogens is 2. The molecule has 1 aliphatic heterocycles. The Labute approximate surface area is 174 Å². The monoisotopic (exact) mass is 418 g/mol. The molecule has 0 spiro atoms. The Morgan fingerprint density at radius 2 is 2.07 bits per heavy atom. The average molecular weight is 419 g/mol. The van der Waals surface area contributed by atoms with Crippen LogP contribution in [0.25, 0.3) is 0 Å². The zero-order chi connectivity index (χ0) is 19.3. The summed E-state index contributed by atoms with van der Waals surface area (Å²) in [6, 6.07) is 8.17. The van der Waals surface area contributed by atoms with Gasteiger partial charge in [0.25, 0.3) is 0 Å². The number of nitrogens with zero attached hydrogens (tertiary/aromatic N) is 3. The van der Waals surface area contributed by atoms with Crippen molar-refractivity contribution in [2.24, 2.45) is 5.92 Å². The number of hydrogen-bond donors (Lipinski definition) is 1. The van der Waals surface area contributed by atoms with Gasteiger partial charge in [-0.15, -0.1) is 10.2 Å². The maximum Gasteiger partial charge on any atom is 0.233 e. The number of carbonyl (C=O) groups excluding carboxylic acids is 1. The van der Waals surface area contributed by atoms with Crippen LogP contribution in [-0.2, 0) is 4.79 Å². The third-order valence-corrected chi connectivity index (χ3v) is 7.59. The molecule has 150 valence electrons. The van der Waals surface area contributed by atoms with Gasteiger partial charge in [0.1, 0.15) is 5.75 Å². The minimum atomic E-state index is 0.246. The van der Waals surface area contributed by atoms with E-state index < -0.39 is 0 Å². The highest BCUT2D eigenvalue weighted by atomic mass is 32.2. The number of likely N-dealkylation sites (tertiary alicyclic amines) is 1. The molecule has 1 aromatic carbocycles. The summed E-state index contributed by atoms with van der Waals surface area (Å²) in [4.78, 5) is 15.0. The lowest BCUT2D eigenvalue weighted by molar-refractivity contribution is -0.134. The number of rotatable bonds is 6. The molecule has 0 unspecified atom stereocenters. The van der Waals surface area contributed by atoms with Crippen LogP contribution in [0, 0.1) is 5.92 Å². The van der Waals surface area contributed by atoms with Gasteiger partial charge in [-0.3, -0.25) is 4.79 Å². The highest BCUT2D eigenvalue weighted by molar-refractivity contribution is 8.01. The van der Waals surface area contributed by atoms with Gasteiger partial charge in [0.05, 0.1) is 18.6 Å². The Morgan fingerprint density at radius 3 is 2.96 bits per heavy atom. The molecule has 1 saturated carbocycles. The Kier molecular flexibility index (Phi) is 6.36. The lowest BCUT2D eigenvalue weighted by Crippen LogP contribution is -2.50. The van der Waals surface area contributed by atoms with Crippen LogP contribution in [0.4, 0.5) is 10.8 Å². The second-order valence-corrected chi connectivity index (χ2v) is 9.53. The van der Waals surface area contributed by atoms with Crippen LogP contribution in [0.1, 0.15) is 38.5 Å². The summed E-state index contributed by atoms with van der Waals surface area (Å²) in [5, 5.41) is 12.4. The third-order valence-electron chi connectivity index (χ3n) is 5.64. The van der Waals surface area contributed by atoms with Crippen LogP contribution in [0.2, 0.25) is 0 Å². The van der Waals surface area contributed by atoms with E-state index in [4.69, 9.17) is 4.74 Å². The number of ether oxygens (including phenoxy) is 1. The lowest BCUT2D eigenvalue weighted by atomic mass is 9.78. The summed E-state index contributed by atoms with van der Waals surface area (Å²) in [6.45, 7) is 0.914. The molecule has 4 rings (SSSR count). The number of para-hydroxylation sites is 2. The molecule has 0 bridgehead atoms. The number of benzene rings is 1. The van der Waals surface area contributed by atoms with Crippen molar-refractivity contribution in [1.82, 2.24) is 15.1 Å². The molecule has 2 aromatic rings. The normalized spacial score (nSPS) is 21.8. The van der Waals surface area contributed by atoms with Crippen molar-refractivity contribution < 1.29 is 9.53 Å². The largest absolute Gasteiger partial charge is 0.495 e. The number of thioether (sulfide) groups is 1. The molecule has 2 aliphatic rings. The number of nitrogens with one attached hydrogen (secondary N) is 1. The van der Waals surface area contributed by atoms with Gasteiger partial charge in [0.2, 0.25) is 11.0 Å². The lowest BCUT2D eigenvalue weighted by Gasteiger charge is -2.44. The quantitative estimate of drug-likeness (QED) is 0.694. The van der Waals surface area contributed by atoms with E-state index in [9.17, 15) is 4.79 Å². The number of methoxy groups -OCH3 is 1. The van der Waals surface area contributed by atoms with E-state index in [2.05, 4.69) is 20.4 Å². The predicted octanol–water partition coefficient (Wildman–Crippen LogP) is 4.56. The average Bonchev–Trinajstić information content (AvgIpc) is 3.19. The van der Waals surface area contributed by atoms with Gasteiger partial charge in [-0.1, -0.05) is 48.1 Å². The van der Waals surface area contributed by atoms with Crippen LogP contribution < -0.4 is 10.1 Å². The van der Waals surface area contributed by atoms with E-state index in [-0.39, 0.29) is 5.91 Å². The standard InChI is InChI=1S/C20H26N4O2S2/c1-26-17-11-5-3-9-15(17)21-19-22-23-20(28-19)27-13-18(25)24-12-6-8-14-7-2-4-10-16(14)24/h3,5,9,11,14,16H,2,4,6-8,10,12-13H2,1H3,(H,21,22)/t14-,16+/m0/s1. The van der Waals surface area contributed by atoms with E-state index in [0.717, 1.165) is 34.7 Å². The molecule has 1 saturated heterocycles. The van der Waals surface area contributed by atoms with Crippen molar-refractivity contribution >= 4 is 39.8 Å². The third kappa shape index (κ3) is 4.43. The van der Waals surface area contributed by atoms with Gasteiger partial charge in [-0.05, 0) is 43.7 Å². The van der Waals surface area contributed by atoms with Crippen LogP contribution in [0.5, 0.6) is 5.75 Å². The van der Waals surface area contributed by atoms with Gasteiger partial charge in [0, 0.05) is 12.6 Å². The van der Waals surface area contributed by atoms with Gasteiger partial charge < -0.3 is 15.0 Å². The highest BCUT2D eigenvalue weighted by Crippen LogP contribution is 2.36. The number of carbonyl (C=O) groups is 1. The zero-order valence-electron chi connectivity index (χ0n) is 16.1. The minimum absolute atomic E-state index is 0.246. The van der Waals surface area contributed by atoms with Crippen LogP contribution in [0.3, 0.4) is 0 Å². The first-order valence-electron chi connectivity index (χ1n) is 9.90. The van der Waals surface area contributed by atoms with Crippen LogP contribution in [-0.4, -0.2) is 46.5 Å². The van der Waals surface area contributed by atoms with Crippen molar-refractivity contribution in [3.63, 3.8) is 0 Å². The predicted molar refractivity (Wildman–Crippen MR) is 114 cm³/mol. The van der Waals surface area contributed by atoms with Gasteiger partial charge >= 0.3 is 0 Å². The first-order chi connectivity index (χ1) is 13.7.